The molecule has 2 N–H and O–H groups in total. The molecule has 15 heavy (non-hydrogen) atoms. The Morgan fingerprint density at radius 1 is 1.33 bits per heavy atom. The first-order valence-corrected chi connectivity index (χ1v) is 4.96. The second-order valence-corrected chi connectivity index (χ2v) is 3.76. The average molecular weight is 218 g/mol. The summed E-state index contributed by atoms with van der Waals surface area (Å²) >= 11 is 4.99. The molecule has 3 nitrogen and oxygen atoms in total. The van der Waals surface area contributed by atoms with Gasteiger partial charge in [-0.25, -0.2) is 0 Å². The number of aryl methyl sites for hydroxylation is 1. The van der Waals surface area contributed by atoms with E-state index in [-0.39, 0.29) is 0 Å². The highest BCUT2D eigenvalue weighted by atomic mass is 32.1. The van der Waals surface area contributed by atoms with E-state index in [0.717, 1.165) is 23.1 Å². The van der Waals surface area contributed by atoms with Gasteiger partial charge in [-0.1, -0.05) is 36.0 Å². The van der Waals surface area contributed by atoms with Crippen molar-refractivity contribution < 1.29 is 4.79 Å². The molecular formula is C11H10N2OS. The van der Waals surface area contributed by atoms with Gasteiger partial charge in [0.1, 0.15) is 4.64 Å². The van der Waals surface area contributed by atoms with Crippen molar-refractivity contribution in [2.75, 3.05) is 0 Å². The molecule has 0 aliphatic carbocycles. The number of hydrogen-bond acceptors (Lipinski definition) is 2. The quantitative estimate of drug-likeness (QED) is 0.601. The van der Waals surface area contributed by atoms with E-state index in [2.05, 4.69) is 10.2 Å². The lowest BCUT2D eigenvalue weighted by Gasteiger charge is -1.99. The summed E-state index contributed by atoms with van der Waals surface area (Å²) in [5.74, 6) is 0. The molecule has 0 unspecified atom stereocenters. The van der Waals surface area contributed by atoms with Crippen LogP contribution in [0.3, 0.4) is 0 Å². The van der Waals surface area contributed by atoms with Crippen molar-refractivity contribution in [2.45, 2.75) is 6.92 Å². The van der Waals surface area contributed by atoms with Gasteiger partial charge in [0.05, 0.1) is 11.3 Å². The largest absolute Gasteiger partial charge is 0.299 e. The Kier molecular flexibility index (Phi) is 2.51. The molecule has 0 saturated heterocycles. The van der Waals surface area contributed by atoms with E-state index < -0.39 is 0 Å². The number of benzene rings is 1. The first-order valence-electron chi connectivity index (χ1n) is 4.55. The van der Waals surface area contributed by atoms with Crippen molar-refractivity contribution in [1.29, 1.82) is 0 Å². The van der Waals surface area contributed by atoms with Gasteiger partial charge < -0.3 is 0 Å². The van der Waals surface area contributed by atoms with Gasteiger partial charge in [-0.05, 0) is 13.0 Å². The maximum atomic E-state index is 10.9. The minimum absolute atomic E-state index is 0.446. The van der Waals surface area contributed by atoms with Crippen LogP contribution in [0.5, 0.6) is 0 Å². The molecule has 0 bridgehead atoms. The summed E-state index contributed by atoms with van der Waals surface area (Å²) in [6.07, 6.45) is 0.771. The van der Waals surface area contributed by atoms with Crippen LogP contribution in [-0.2, 0) is 0 Å². The monoisotopic (exact) mass is 218 g/mol. The van der Waals surface area contributed by atoms with Crippen LogP contribution in [-0.4, -0.2) is 16.5 Å². The predicted molar refractivity (Wildman–Crippen MR) is 61.5 cm³/mol. The van der Waals surface area contributed by atoms with Crippen LogP contribution < -0.4 is 0 Å². The molecule has 2 rings (SSSR count). The van der Waals surface area contributed by atoms with Crippen LogP contribution in [0.2, 0.25) is 0 Å². The number of H-pyrrole nitrogens is 2. The van der Waals surface area contributed by atoms with Crippen molar-refractivity contribution in [2.24, 2.45) is 0 Å². The number of carbonyl (C=O) groups excluding carboxylic acids is 1. The maximum Gasteiger partial charge on any atom is 0.155 e. The summed E-state index contributed by atoms with van der Waals surface area (Å²) in [7, 11) is 0. The summed E-state index contributed by atoms with van der Waals surface area (Å²) in [6, 6.07) is 7.89. The number of hydrogen-bond donors (Lipinski definition) is 2. The zero-order valence-electron chi connectivity index (χ0n) is 8.20. The van der Waals surface area contributed by atoms with Gasteiger partial charge in [0, 0.05) is 5.56 Å². The summed E-state index contributed by atoms with van der Waals surface area (Å²) < 4.78 is 0.446. The highest BCUT2D eigenvalue weighted by molar-refractivity contribution is 7.71. The lowest BCUT2D eigenvalue weighted by molar-refractivity contribution is 0.112. The Morgan fingerprint density at radius 3 is 2.80 bits per heavy atom. The van der Waals surface area contributed by atoms with E-state index in [1.165, 1.54) is 0 Å². The molecule has 0 radical (unpaired) electrons. The van der Waals surface area contributed by atoms with Crippen LogP contribution in [0.1, 0.15) is 15.9 Å². The molecule has 0 aliphatic rings. The number of carbonyl (C=O) groups is 1. The maximum absolute atomic E-state index is 10.9. The fourth-order valence-electron chi connectivity index (χ4n) is 1.51. The molecule has 2 aromatic rings. The lowest BCUT2D eigenvalue weighted by atomic mass is 10.1. The van der Waals surface area contributed by atoms with Gasteiger partial charge in [-0.3, -0.25) is 15.0 Å². The Labute approximate surface area is 92.1 Å². The summed E-state index contributed by atoms with van der Waals surface area (Å²) in [5.41, 5.74) is 3.36. The number of rotatable bonds is 2. The summed E-state index contributed by atoms with van der Waals surface area (Å²) in [6.45, 7) is 2.01. The average Bonchev–Trinajstić information content (AvgIpc) is 2.59. The molecule has 0 saturated carbocycles. The zero-order valence-corrected chi connectivity index (χ0v) is 9.02. The van der Waals surface area contributed by atoms with Crippen molar-refractivity contribution >= 4 is 18.5 Å². The summed E-state index contributed by atoms with van der Waals surface area (Å²) in [5, 5.41) is 5.67. The van der Waals surface area contributed by atoms with Gasteiger partial charge in [-0.15, -0.1) is 0 Å². The molecule has 1 aromatic carbocycles. The van der Waals surface area contributed by atoms with Gasteiger partial charge in [0.15, 0.2) is 6.29 Å². The Hall–Kier alpha value is -1.68. The molecule has 0 atom stereocenters. The smallest absolute Gasteiger partial charge is 0.155 e. The second kappa shape index (κ2) is 3.82. The van der Waals surface area contributed by atoms with Crippen LogP contribution >= 0.6 is 12.2 Å². The van der Waals surface area contributed by atoms with Gasteiger partial charge in [0.2, 0.25) is 0 Å². The molecule has 1 heterocycles. The van der Waals surface area contributed by atoms with Crippen molar-refractivity contribution in [1.82, 2.24) is 10.2 Å². The predicted octanol–water partition coefficient (Wildman–Crippen LogP) is 2.86. The van der Waals surface area contributed by atoms with E-state index in [0.29, 0.717) is 10.2 Å². The van der Waals surface area contributed by atoms with Gasteiger partial charge in [-0.2, -0.15) is 0 Å². The third-order valence-electron chi connectivity index (χ3n) is 2.24. The molecular weight excluding hydrogens is 208 g/mol. The molecule has 0 spiro atoms. The fourth-order valence-corrected chi connectivity index (χ4v) is 1.71. The fraction of sp³-hybridized carbons (Fsp3) is 0.0909. The number of aldehydes is 1. The number of aromatic amines is 2. The van der Waals surface area contributed by atoms with E-state index in [4.69, 9.17) is 12.2 Å². The van der Waals surface area contributed by atoms with Crippen LogP contribution in [0.15, 0.2) is 24.3 Å². The Morgan fingerprint density at radius 2 is 2.13 bits per heavy atom. The van der Waals surface area contributed by atoms with E-state index in [1.54, 1.807) is 0 Å². The molecule has 76 valence electrons. The van der Waals surface area contributed by atoms with Crippen molar-refractivity contribution in [3.63, 3.8) is 0 Å². The molecule has 0 aliphatic heterocycles. The number of nitrogens with one attached hydrogen (secondary N) is 2. The van der Waals surface area contributed by atoms with E-state index in [9.17, 15) is 4.79 Å². The van der Waals surface area contributed by atoms with Gasteiger partial charge in [0.25, 0.3) is 0 Å². The first kappa shape index (κ1) is 9.86. The minimum atomic E-state index is 0.446. The lowest BCUT2D eigenvalue weighted by Crippen LogP contribution is -1.85. The first-order chi connectivity index (χ1) is 7.22. The number of aromatic nitrogens is 2. The highest BCUT2D eigenvalue weighted by Crippen LogP contribution is 2.21. The normalized spacial score (nSPS) is 10.2. The van der Waals surface area contributed by atoms with Crippen molar-refractivity contribution in [3.05, 3.63) is 40.0 Å². The SMILES string of the molecule is Cc1cccc(-c2[nH][nH]c(=S)c2C=O)c1. The van der Waals surface area contributed by atoms with Gasteiger partial charge >= 0.3 is 0 Å². The topological polar surface area (TPSA) is 48.6 Å². The van der Waals surface area contributed by atoms with Crippen LogP contribution in [0.25, 0.3) is 11.3 Å². The zero-order chi connectivity index (χ0) is 10.8. The Balaban J connectivity index is 2.63. The molecule has 4 heteroatoms. The second-order valence-electron chi connectivity index (χ2n) is 3.36. The van der Waals surface area contributed by atoms with Crippen LogP contribution in [0, 0.1) is 11.6 Å². The molecule has 0 amide bonds. The van der Waals surface area contributed by atoms with E-state index >= 15 is 0 Å². The molecule has 1 aromatic heterocycles. The summed E-state index contributed by atoms with van der Waals surface area (Å²) in [4.78, 5) is 10.9. The highest BCUT2D eigenvalue weighted by Gasteiger charge is 2.08. The van der Waals surface area contributed by atoms with Crippen molar-refractivity contribution in [3.8, 4) is 11.3 Å². The Bertz CT molecular complexity index is 554. The standard InChI is InChI=1S/C11H10N2OS/c1-7-3-2-4-8(5-7)10-9(6-14)11(15)13-12-10/h2-6H,1H3,(H2,12,13,15). The third-order valence-corrected chi connectivity index (χ3v) is 2.56. The van der Waals surface area contributed by atoms with E-state index in [1.807, 2.05) is 31.2 Å². The third kappa shape index (κ3) is 1.76. The minimum Gasteiger partial charge on any atom is -0.299 e. The van der Waals surface area contributed by atoms with Crippen LogP contribution in [0.4, 0.5) is 0 Å². The molecule has 0 fully saturated rings.